The van der Waals surface area contributed by atoms with Crippen LogP contribution in [0.25, 0.3) is 0 Å². The highest BCUT2D eigenvalue weighted by atomic mass is 35.5. The molecule has 1 aromatic carbocycles. The molecule has 1 amide bonds. The molecule has 2 heterocycles. The minimum atomic E-state index is -0.423. The van der Waals surface area contributed by atoms with Gasteiger partial charge in [0.2, 0.25) is 5.91 Å². The van der Waals surface area contributed by atoms with Gasteiger partial charge in [0, 0.05) is 6.42 Å². The Morgan fingerprint density at radius 3 is 2.92 bits per heavy atom. The van der Waals surface area contributed by atoms with Crippen molar-refractivity contribution in [2.24, 2.45) is 11.8 Å². The summed E-state index contributed by atoms with van der Waals surface area (Å²) in [7, 11) is 0. The third kappa shape index (κ3) is 3.53. The molecule has 0 spiro atoms. The zero-order valence-electron chi connectivity index (χ0n) is 13.7. The molecule has 1 saturated heterocycles. The molecule has 0 radical (unpaired) electrons. The van der Waals surface area contributed by atoms with Gasteiger partial charge in [-0.05, 0) is 55.0 Å². The molecule has 0 unspecified atom stereocenters. The molecule has 4 atom stereocenters. The number of amides is 1. The van der Waals surface area contributed by atoms with E-state index < -0.39 is 6.10 Å². The summed E-state index contributed by atoms with van der Waals surface area (Å²) in [4.78, 5) is 12.3. The van der Waals surface area contributed by atoms with E-state index in [1.54, 1.807) is 0 Å². The maximum absolute atomic E-state index is 12.3. The molecule has 4 rings (SSSR count). The summed E-state index contributed by atoms with van der Waals surface area (Å²) < 4.78 is 5.49. The Labute approximate surface area is 148 Å². The van der Waals surface area contributed by atoms with Crippen molar-refractivity contribution in [1.29, 1.82) is 0 Å². The average Bonchev–Trinajstić information content (AvgIpc) is 3.15. The van der Waals surface area contributed by atoms with Crippen molar-refractivity contribution in [3.63, 3.8) is 0 Å². The fourth-order valence-corrected chi connectivity index (χ4v) is 4.24. The van der Waals surface area contributed by atoms with Crippen LogP contribution in [0.15, 0.2) is 18.2 Å². The minimum Gasteiger partial charge on any atom is -0.493 e. The standard InChI is InChI=1S/C18H24N2O3.ClH/c21-16-8-14-10-19-9-13(14)7-15(16)20-18(22)6-11-1-2-17-12(5-11)3-4-23-17;/h1-2,5,13-16,19,21H,3-4,6-10H2,(H,20,22);1H/t13-,14+,15-,16-;/m0./s1. The highest BCUT2D eigenvalue weighted by Crippen LogP contribution is 2.33. The first-order chi connectivity index (χ1) is 11.2. The third-order valence-electron chi connectivity index (χ3n) is 5.51. The predicted octanol–water partition coefficient (Wildman–Crippen LogP) is 1.06. The van der Waals surface area contributed by atoms with Gasteiger partial charge in [-0.15, -0.1) is 12.4 Å². The van der Waals surface area contributed by atoms with Gasteiger partial charge in [-0.25, -0.2) is 0 Å². The summed E-state index contributed by atoms with van der Waals surface area (Å²) >= 11 is 0. The van der Waals surface area contributed by atoms with Crippen LogP contribution in [-0.2, 0) is 17.6 Å². The van der Waals surface area contributed by atoms with Crippen molar-refractivity contribution in [3.05, 3.63) is 29.3 Å². The van der Waals surface area contributed by atoms with Crippen LogP contribution >= 0.6 is 12.4 Å². The van der Waals surface area contributed by atoms with Gasteiger partial charge in [-0.1, -0.05) is 12.1 Å². The molecule has 0 bridgehead atoms. The fraction of sp³-hybridized carbons (Fsp3) is 0.611. The van der Waals surface area contributed by atoms with Crippen LogP contribution in [0.5, 0.6) is 5.75 Å². The molecule has 2 aliphatic heterocycles. The summed E-state index contributed by atoms with van der Waals surface area (Å²) in [6.45, 7) is 2.74. The lowest BCUT2D eigenvalue weighted by atomic mass is 9.77. The Hall–Kier alpha value is -1.30. The number of hydrogen-bond acceptors (Lipinski definition) is 4. The lowest BCUT2D eigenvalue weighted by molar-refractivity contribution is -0.122. The number of aliphatic hydroxyl groups excluding tert-OH is 1. The minimum absolute atomic E-state index is 0. The Morgan fingerprint density at radius 2 is 2.08 bits per heavy atom. The van der Waals surface area contributed by atoms with Gasteiger partial charge in [0.15, 0.2) is 0 Å². The number of ether oxygens (including phenoxy) is 1. The zero-order valence-corrected chi connectivity index (χ0v) is 14.5. The Morgan fingerprint density at radius 1 is 1.29 bits per heavy atom. The topological polar surface area (TPSA) is 70.6 Å². The van der Waals surface area contributed by atoms with E-state index in [0.29, 0.717) is 18.3 Å². The van der Waals surface area contributed by atoms with E-state index >= 15 is 0 Å². The summed E-state index contributed by atoms with van der Waals surface area (Å²) in [6, 6.07) is 5.87. The van der Waals surface area contributed by atoms with Gasteiger partial charge in [-0.2, -0.15) is 0 Å². The molecule has 2 fully saturated rings. The highest BCUT2D eigenvalue weighted by Gasteiger charge is 2.39. The quantitative estimate of drug-likeness (QED) is 0.761. The predicted molar refractivity (Wildman–Crippen MR) is 93.6 cm³/mol. The van der Waals surface area contributed by atoms with Crippen molar-refractivity contribution in [3.8, 4) is 5.75 Å². The van der Waals surface area contributed by atoms with E-state index in [1.807, 2.05) is 12.1 Å². The number of carbonyl (C=O) groups is 1. The van der Waals surface area contributed by atoms with Gasteiger partial charge in [-0.3, -0.25) is 4.79 Å². The van der Waals surface area contributed by atoms with Crippen LogP contribution in [-0.4, -0.2) is 42.9 Å². The van der Waals surface area contributed by atoms with Gasteiger partial charge >= 0.3 is 0 Å². The first-order valence-electron chi connectivity index (χ1n) is 8.62. The Bertz CT molecular complexity index is 610. The van der Waals surface area contributed by atoms with Gasteiger partial charge in [0.25, 0.3) is 0 Å². The molecular formula is C18H25ClN2O3. The Balaban J connectivity index is 0.00000169. The number of rotatable bonds is 3. The SMILES string of the molecule is Cl.O=C(Cc1ccc2c(c1)CCO2)N[C@H]1C[C@H]2CNC[C@H]2C[C@@H]1O. The second-order valence-electron chi connectivity index (χ2n) is 7.11. The Kier molecular flexibility index (Phi) is 5.33. The van der Waals surface area contributed by atoms with E-state index in [4.69, 9.17) is 4.74 Å². The molecule has 24 heavy (non-hydrogen) atoms. The molecule has 1 saturated carbocycles. The van der Waals surface area contributed by atoms with Gasteiger partial charge in [0.1, 0.15) is 5.75 Å². The van der Waals surface area contributed by atoms with Crippen LogP contribution in [0.1, 0.15) is 24.0 Å². The number of carbonyl (C=O) groups excluding carboxylic acids is 1. The number of benzene rings is 1. The van der Waals surface area contributed by atoms with Crippen molar-refractivity contribution in [2.75, 3.05) is 19.7 Å². The normalized spacial score (nSPS) is 30.7. The lowest BCUT2D eigenvalue weighted by Gasteiger charge is -2.35. The smallest absolute Gasteiger partial charge is 0.224 e. The fourth-order valence-electron chi connectivity index (χ4n) is 4.24. The van der Waals surface area contributed by atoms with Crippen molar-refractivity contribution in [2.45, 2.75) is 37.8 Å². The van der Waals surface area contributed by atoms with Crippen LogP contribution in [0, 0.1) is 11.8 Å². The van der Waals surface area contributed by atoms with Crippen molar-refractivity contribution >= 4 is 18.3 Å². The molecule has 132 valence electrons. The average molecular weight is 353 g/mol. The molecule has 1 aliphatic carbocycles. The van der Waals surface area contributed by atoms with Crippen LogP contribution in [0.3, 0.4) is 0 Å². The maximum atomic E-state index is 12.3. The molecule has 6 heteroatoms. The zero-order chi connectivity index (χ0) is 15.8. The van der Waals surface area contributed by atoms with Crippen LogP contribution < -0.4 is 15.4 Å². The van der Waals surface area contributed by atoms with E-state index in [2.05, 4.69) is 16.7 Å². The van der Waals surface area contributed by atoms with Crippen LogP contribution in [0.2, 0.25) is 0 Å². The number of nitrogens with one attached hydrogen (secondary N) is 2. The molecule has 3 N–H and O–H groups in total. The number of fused-ring (bicyclic) bond motifs is 2. The van der Waals surface area contributed by atoms with Gasteiger partial charge in [0.05, 0.1) is 25.2 Å². The summed E-state index contributed by atoms with van der Waals surface area (Å²) in [5, 5.41) is 16.7. The second kappa shape index (κ2) is 7.30. The summed E-state index contributed by atoms with van der Waals surface area (Å²) in [5.41, 5.74) is 2.20. The molecule has 3 aliphatic rings. The van der Waals surface area contributed by atoms with Gasteiger partial charge < -0.3 is 20.5 Å². The first-order valence-corrected chi connectivity index (χ1v) is 8.62. The summed E-state index contributed by atoms with van der Waals surface area (Å²) in [6.07, 6.45) is 2.53. The largest absolute Gasteiger partial charge is 0.493 e. The monoisotopic (exact) mass is 352 g/mol. The van der Waals surface area contributed by atoms with E-state index in [9.17, 15) is 9.90 Å². The first kappa shape index (κ1) is 17.5. The number of halogens is 1. The molecule has 5 nitrogen and oxygen atoms in total. The third-order valence-corrected chi connectivity index (χ3v) is 5.51. The molecule has 1 aromatic rings. The lowest BCUT2D eigenvalue weighted by Crippen LogP contribution is -2.49. The second-order valence-corrected chi connectivity index (χ2v) is 7.11. The van der Waals surface area contributed by atoms with E-state index in [1.165, 1.54) is 5.56 Å². The molecular weight excluding hydrogens is 328 g/mol. The number of hydrogen-bond donors (Lipinski definition) is 3. The highest BCUT2D eigenvalue weighted by molar-refractivity contribution is 5.85. The maximum Gasteiger partial charge on any atom is 0.224 e. The summed E-state index contributed by atoms with van der Waals surface area (Å²) in [5.74, 6) is 2.09. The van der Waals surface area contributed by atoms with Crippen LogP contribution in [0.4, 0.5) is 0 Å². The van der Waals surface area contributed by atoms with E-state index in [-0.39, 0.29) is 24.4 Å². The number of aliphatic hydroxyl groups is 1. The van der Waals surface area contributed by atoms with Crippen molar-refractivity contribution < 1.29 is 14.6 Å². The van der Waals surface area contributed by atoms with Crippen molar-refractivity contribution in [1.82, 2.24) is 10.6 Å². The molecule has 0 aromatic heterocycles. The van der Waals surface area contributed by atoms with E-state index in [0.717, 1.165) is 50.3 Å².